The Labute approximate surface area is 223 Å². The maximum Gasteiger partial charge on any atom is 0.250 e. The van der Waals surface area contributed by atoms with Gasteiger partial charge in [0.1, 0.15) is 5.75 Å². The molecule has 3 aromatic rings. The number of aryl methyl sites for hydroxylation is 1. The van der Waals surface area contributed by atoms with Crippen molar-refractivity contribution in [2.45, 2.75) is 64.1 Å². The van der Waals surface area contributed by atoms with E-state index in [0.29, 0.717) is 11.6 Å². The molecule has 1 aromatic heterocycles. The van der Waals surface area contributed by atoms with E-state index in [1.165, 1.54) is 42.8 Å². The molecule has 196 valence electrons. The summed E-state index contributed by atoms with van der Waals surface area (Å²) in [5.41, 5.74) is 6.30. The first-order chi connectivity index (χ1) is 18.0. The van der Waals surface area contributed by atoms with Crippen molar-refractivity contribution in [2.75, 3.05) is 23.7 Å². The van der Waals surface area contributed by atoms with Crippen LogP contribution in [-0.2, 0) is 4.79 Å². The Balaban J connectivity index is 1.41. The maximum atomic E-state index is 12.5. The lowest BCUT2D eigenvalue weighted by molar-refractivity contribution is -0.118. The van der Waals surface area contributed by atoms with Crippen LogP contribution in [0.15, 0.2) is 52.7 Å². The molecule has 1 aliphatic carbocycles. The van der Waals surface area contributed by atoms with Gasteiger partial charge in [0.15, 0.2) is 11.0 Å². The Morgan fingerprint density at radius 1 is 1.14 bits per heavy atom. The van der Waals surface area contributed by atoms with Crippen LogP contribution in [0.3, 0.4) is 0 Å². The monoisotopic (exact) mass is 520 g/mol. The van der Waals surface area contributed by atoms with Crippen LogP contribution in [0.25, 0.3) is 11.4 Å². The van der Waals surface area contributed by atoms with E-state index in [-0.39, 0.29) is 17.4 Å². The van der Waals surface area contributed by atoms with Gasteiger partial charge in [-0.1, -0.05) is 60.9 Å². The second kappa shape index (κ2) is 12.8. The van der Waals surface area contributed by atoms with Crippen LogP contribution in [0.2, 0.25) is 0 Å². The molecular weight excluding hydrogens is 484 g/mol. The number of carbonyl (C=O) groups is 1. The molecule has 1 amide bonds. The van der Waals surface area contributed by atoms with Gasteiger partial charge in [0, 0.05) is 42.0 Å². The number of phenolic OH excluding ortho intramolecular Hbond substituents is 1. The maximum absolute atomic E-state index is 12.5. The average Bonchev–Trinajstić information content (AvgIpc) is 3.34. The topological polar surface area (TPSA) is 95.6 Å². The van der Waals surface area contributed by atoms with Crippen molar-refractivity contribution < 1.29 is 9.90 Å². The third-order valence-corrected chi connectivity index (χ3v) is 7.73. The van der Waals surface area contributed by atoms with Crippen molar-refractivity contribution in [3.8, 4) is 17.1 Å². The van der Waals surface area contributed by atoms with Crippen LogP contribution in [-0.4, -0.2) is 50.8 Å². The van der Waals surface area contributed by atoms with Gasteiger partial charge in [0.05, 0.1) is 12.0 Å². The first-order valence-corrected chi connectivity index (χ1v) is 14.0. The largest absolute Gasteiger partial charge is 0.507 e. The number of hydrogen-bond acceptors (Lipinski definition) is 7. The van der Waals surface area contributed by atoms with E-state index < -0.39 is 0 Å². The first-order valence-electron chi connectivity index (χ1n) is 13.0. The highest BCUT2D eigenvalue weighted by molar-refractivity contribution is 7.99. The summed E-state index contributed by atoms with van der Waals surface area (Å²) in [6.45, 7) is 7.94. The van der Waals surface area contributed by atoms with Crippen molar-refractivity contribution in [3.05, 3.63) is 53.6 Å². The fourth-order valence-corrected chi connectivity index (χ4v) is 5.50. The van der Waals surface area contributed by atoms with Crippen molar-refractivity contribution in [3.63, 3.8) is 0 Å². The summed E-state index contributed by atoms with van der Waals surface area (Å²) in [7, 11) is 0. The molecule has 1 fully saturated rings. The van der Waals surface area contributed by atoms with Gasteiger partial charge in [-0.25, -0.2) is 5.43 Å². The van der Waals surface area contributed by atoms with Crippen LogP contribution >= 0.6 is 11.8 Å². The van der Waals surface area contributed by atoms with Gasteiger partial charge in [0.2, 0.25) is 0 Å². The number of hydrogen-bond donors (Lipinski definition) is 2. The molecule has 4 rings (SSSR count). The smallest absolute Gasteiger partial charge is 0.250 e. The standard InChI is InChI=1S/C28H36N6O2S/c1-4-33(5-2)24-16-15-22(25(35)17-24)18-29-30-26(36)19-37-28-32-31-27(21-13-11-20(3)12-14-21)34(28)23-9-7-6-8-10-23/h11-18,23,35H,4-10,19H2,1-3H3,(H,30,36)/b29-18+. The average molecular weight is 521 g/mol. The number of amides is 1. The number of aromatic hydroxyl groups is 1. The summed E-state index contributed by atoms with van der Waals surface area (Å²) in [6, 6.07) is 14.1. The van der Waals surface area contributed by atoms with E-state index in [1.807, 2.05) is 6.07 Å². The molecule has 0 spiro atoms. The summed E-state index contributed by atoms with van der Waals surface area (Å²) in [5.74, 6) is 0.913. The van der Waals surface area contributed by atoms with E-state index >= 15 is 0 Å². The molecule has 1 heterocycles. The number of thioether (sulfide) groups is 1. The lowest BCUT2D eigenvalue weighted by atomic mass is 9.95. The normalized spacial score (nSPS) is 14.2. The lowest BCUT2D eigenvalue weighted by Gasteiger charge is -2.25. The summed E-state index contributed by atoms with van der Waals surface area (Å²) in [6.07, 6.45) is 7.30. The minimum atomic E-state index is -0.240. The van der Waals surface area contributed by atoms with Crippen LogP contribution in [0.5, 0.6) is 5.75 Å². The highest BCUT2D eigenvalue weighted by Crippen LogP contribution is 2.35. The number of nitrogens with zero attached hydrogens (tertiary/aromatic N) is 5. The van der Waals surface area contributed by atoms with Gasteiger partial charge in [-0.05, 0) is 45.7 Å². The van der Waals surface area contributed by atoms with Crippen LogP contribution in [0, 0.1) is 6.92 Å². The predicted octanol–water partition coefficient (Wildman–Crippen LogP) is 5.55. The van der Waals surface area contributed by atoms with Gasteiger partial charge in [-0.3, -0.25) is 9.36 Å². The Morgan fingerprint density at radius 2 is 1.86 bits per heavy atom. The molecule has 8 nitrogen and oxygen atoms in total. The molecule has 0 atom stereocenters. The zero-order valence-corrected chi connectivity index (χ0v) is 22.7. The number of aromatic nitrogens is 3. The van der Waals surface area contributed by atoms with Crippen molar-refractivity contribution in [1.29, 1.82) is 0 Å². The van der Waals surface area contributed by atoms with Gasteiger partial charge in [-0.2, -0.15) is 5.10 Å². The number of hydrazone groups is 1. The third-order valence-electron chi connectivity index (χ3n) is 6.78. The zero-order valence-electron chi connectivity index (χ0n) is 21.9. The van der Waals surface area contributed by atoms with Gasteiger partial charge in [0.25, 0.3) is 5.91 Å². The van der Waals surface area contributed by atoms with Gasteiger partial charge < -0.3 is 10.0 Å². The molecule has 0 radical (unpaired) electrons. The fourth-order valence-electron chi connectivity index (χ4n) is 4.71. The molecule has 0 bridgehead atoms. The van der Waals surface area contributed by atoms with E-state index in [4.69, 9.17) is 0 Å². The molecule has 37 heavy (non-hydrogen) atoms. The summed E-state index contributed by atoms with van der Waals surface area (Å²) < 4.78 is 2.22. The molecular formula is C28H36N6O2S. The van der Waals surface area contributed by atoms with Crippen LogP contribution < -0.4 is 10.3 Å². The summed E-state index contributed by atoms with van der Waals surface area (Å²) in [5, 5.41) is 24.1. The van der Waals surface area contributed by atoms with E-state index in [2.05, 4.69) is 75.2 Å². The quantitative estimate of drug-likeness (QED) is 0.207. The third kappa shape index (κ3) is 6.71. The molecule has 0 unspecified atom stereocenters. The lowest BCUT2D eigenvalue weighted by Crippen LogP contribution is -2.21. The molecule has 9 heteroatoms. The molecule has 1 saturated carbocycles. The molecule has 1 aliphatic rings. The van der Waals surface area contributed by atoms with E-state index in [0.717, 1.165) is 48.2 Å². The van der Waals surface area contributed by atoms with Gasteiger partial charge in [-0.15, -0.1) is 10.2 Å². The van der Waals surface area contributed by atoms with Gasteiger partial charge >= 0.3 is 0 Å². The number of nitrogens with one attached hydrogen (secondary N) is 1. The molecule has 0 aliphatic heterocycles. The highest BCUT2D eigenvalue weighted by atomic mass is 32.2. The molecule has 2 N–H and O–H groups in total. The molecule has 2 aromatic carbocycles. The molecule has 0 saturated heterocycles. The Kier molecular flexibility index (Phi) is 9.22. The Morgan fingerprint density at radius 3 is 2.54 bits per heavy atom. The van der Waals surface area contributed by atoms with Crippen LogP contribution in [0.4, 0.5) is 5.69 Å². The minimum absolute atomic E-state index is 0.126. The van der Waals surface area contributed by atoms with Crippen molar-refractivity contribution in [1.82, 2.24) is 20.2 Å². The van der Waals surface area contributed by atoms with Crippen molar-refractivity contribution >= 4 is 29.6 Å². The highest BCUT2D eigenvalue weighted by Gasteiger charge is 2.24. The Bertz CT molecular complexity index is 1210. The number of phenols is 1. The number of benzene rings is 2. The summed E-state index contributed by atoms with van der Waals surface area (Å²) >= 11 is 1.38. The second-order valence-corrected chi connectivity index (χ2v) is 10.3. The van der Waals surface area contributed by atoms with E-state index in [1.54, 1.807) is 12.1 Å². The minimum Gasteiger partial charge on any atom is -0.507 e. The SMILES string of the molecule is CCN(CC)c1ccc(/C=N/NC(=O)CSc2nnc(-c3ccc(C)cc3)n2C2CCCCC2)c(O)c1. The number of rotatable bonds is 10. The Hall–Kier alpha value is -3.33. The van der Waals surface area contributed by atoms with Crippen LogP contribution in [0.1, 0.15) is 63.1 Å². The number of anilines is 1. The zero-order chi connectivity index (χ0) is 26.2. The summed E-state index contributed by atoms with van der Waals surface area (Å²) in [4.78, 5) is 14.7. The fraction of sp³-hybridized carbons (Fsp3) is 0.429. The second-order valence-electron chi connectivity index (χ2n) is 9.33. The predicted molar refractivity (Wildman–Crippen MR) is 150 cm³/mol. The first kappa shape index (κ1) is 26.7. The van der Waals surface area contributed by atoms with E-state index in [9.17, 15) is 9.90 Å². The van der Waals surface area contributed by atoms with Crippen molar-refractivity contribution in [2.24, 2.45) is 5.10 Å². The number of carbonyl (C=O) groups excluding carboxylic acids is 1.